The number of hydrogen-bond donors (Lipinski definition) is 0. The van der Waals surface area contributed by atoms with E-state index in [0.717, 1.165) is 121 Å². The van der Waals surface area contributed by atoms with E-state index in [0.29, 0.717) is 30.1 Å². The third-order valence-electron chi connectivity index (χ3n) is 21.6. The smallest absolute Gasteiger partial charge is 0.390 e. The summed E-state index contributed by atoms with van der Waals surface area (Å²) in [5.41, 5.74) is 11.2. The van der Waals surface area contributed by atoms with Crippen LogP contribution in [0.1, 0.15) is 312 Å². The van der Waals surface area contributed by atoms with Gasteiger partial charge in [0.2, 0.25) is 6.79 Å². The number of esters is 2. The van der Waals surface area contributed by atoms with Gasteiger partial charge in [-0.2, -0.15) is 0 Å². The molecule has 9 rings (SSSR count). The Morgan fingerprint density at radius 3 is 1.12 bits per heavy atom. The lowest BCUT2D eigenvalue weighted by molar-refractivity contribution is -0.128. The first-order valence-corrected chi connectivity index (χ1v) is 46.0. The molecular weight excluding hydrogens is 1490 g/mol. The van der Waals surface area contributed by atoms with Gasteiger partial charge < -0.3 is 37.9 Å². The van der Waals surface area contributed by atoms with Gasteiger partial charge in [0, 0.05) is 23.0 Å². The largest absolute Gasteiger partial charge is 0.494 e. The summed E-state index contributed by atoms with van der Waals surface area (Å²) in [6, 6.07) is 71.4. The molecule has 9 aromatic rings. The minimum absolute atomic E-state index is 0.0355. The standard InChI is InChI=1S/C38H46O5.C36H48O3.C35H48O3/c1-4-7-8-9-10-11-12-29-41-34-24-15-30(16-25-34)17-28-37(39)42-36-26-22-32(23-27-36)31-18-20-33(21-19-31)38(40)43-35(13-5-2)14-6-3;1-4-6-8-10-11-13-27-38-34-23-19-32(20-24-34)31-17-15-30(16-18-31)28-39-35-25-21-33(22-26-35)36(37)29(3)14-12-9-7-5-2;1-4-6-8-10-11-13-15-30-16-18-31(19-17-30)32-20-22-33(23-21-32)36-28-37-34-24-26-35(27-25-34)38-29(3)14-12-9-7-5-2/h15-16,18-27,35H,4-14,29H2,1-3H3;15-26,29H,4-14,27-28H2,1-3H3;16-27,29H,4-15,28H2,1-3H3. The van der Waals surface area contributed by atoms with Crippen LogP contribution in [0.25, 0.3) is 33.4 Å². The predicted molar refractivity (Wildman–Crippen MR) is 497 cm³/mol. The molecule has 0 saturated heterocycles. The van der Waals surface area contributed by atoms with Gasteiger partial charge in [0.25, 0.3) is 0 Å². The van der Waals surface area contributed by atoms with Crippen LogP contribution < -0.4 is 33.2 Å². The zero-order chi connectivity index (χ0) is 85.3. The topological polar surface area (TPSA) is 125 Å². The number of Topliss-reactive ketones (excluding diaryl/α,β-unsaturated/α-hetero) is 1. The Hall–Kier alpha value is -10.1. The lowest BCUT2D eigenvalue weighted by Gasteiger charge is -2.16. The molecule has 0 heterocycles. The zero-order valence-electron chi connectivity index (χ0n) is 74.4. The number of benzene rings is 9. The van der Waals surface area contributed by atoms with Gasteiger partial charge in [-0.05, 0) is 231 Å². The monoisotopic (exact) mass is 1630 g/mol. The highest BCUT2D eigenvalue weighted by Gasteiger charge is 2.18. The zero-order valence-corrected chi connectivity index (χ0v) is 74.4. The van der Waals surface area contributed by atoms with Crippen molar-refractivity contribution in [2.45, 2.75) is 299 Å². The maximum Gasteiger partial charge on any atom is 0.390 e. The highest BCUT2D eigenvalue weighted by Crippen LogP contribution is 2.30. The molecule has 0 saturated carbocycles. The first kappa shape index (κ1) is 97.1. The minimum Gasteiger partial charge on any atom is -0.494 e. The highest BCUT2D eigenvalue weighted by atomic mass is 16.7. The van der Waals surface area contributed by atoms with Gasteiger partial charge in [0.1, 0.15) is 53.0 Å². The summed E-state index contributed by atoms with van der Waals surface area (Å²) in [6.45, 7) is 21.7. The van der Waals surface area contributed by atoms with Crippen LogP contribution >= 0.6 is 0 Å². The van der Waals surface area contributed by atoms with Crippen LogP contribution in [0.4, 0.5) is 0 Å². The molecule has 11 heteroatoms. The molecule has 0 radical (unpaired) electrons. The first-order valence-electron chi connectivity index (χ1n) is 46.0. The molecule has 644 valence electrons. The highest BCUT2D eigenvalue weighted by molar-refractivity contribution is 5.97. The Balaban J connectivity index is 0.000000249. The van der Waals surface area contributed by atoms with E-state index in [1.165, 1.54) is 188 Å². The van der Waals surface area contributed by atoms with E-state index < -0.39 is 5.97 Å². The van der Waals surface area contributed by atoms with E-state index in [2.05, 4.69) is 152 Å². The molecule has 2 unspecified atom stereocenters. The molecule has 0 aliphatic heterocycles. The van der Waals surface area contributed by atoms with Gasteiger partial charge in [-0.3, -0.25) is 4.79 Å². The van der Waals surface area contributed by atoms with Crippen molar-refractivity contribution in [2.75, 3.05) is 20.0 Å². The second-order valence-corrected chi connectivity index (χ2v) is 32.0. The molecule has 0 aliphatic rings. The molecular formula is C109H142O11. The number of carbonyl (C=O) groups excluding carboxylic acids is 3. The van der Waals surface area contributed by atoms with Crippen LogP contribution in [0.3, 0.4) is 0 Å². The van der Waals surface area contributed by atoms with Gasteiger partial charge in [-0.15, -0.1) is 0 Å². The molecule has 0 amide bonds. The third-order valence-corrected chi connectivity index (χ3v) is 21.6. The maximum absolute atomic E-state index is 12.7. The molecule has 120 heavy (non-hydrogen) atoms. The molecule has 11 nitrogen and oxygen atoms in total. The van der Waals surface area contributed by atoms with E-state index in [1.54, 1.807) is 24.3 Å². The number of rotatable bonds is 55. The quantitative estimate of drug-likeness (QED) is 0.00903. The Bertz CT molecular complexity index is 4230. The van der Waals surface area contributed by atoms with Crippen molar-refractivity contribution in [1.29, 1.82) is 0 Å². The van der Waals surface area contributed by atoms with Crippen molar-refractivity contribution in [3.05, 3.63) is 246 Å². The van der Waals surface area contributed by atoms with Crippen molar-refractivity contribution < 1.29 is 52.3 Å². The summed E-state index contributed by atoms with van der Waals surface area (Å²) >= 11 is 0. The minimum atomic E-state index is -0.626. The molecule has 0 aromatic heterocycles. The van der Waals surface area contributed by atoms with Gasteiger partial charge in [0.15, 0.2) is 5.78 Å². The second-order valence-electron chi connectivity index (χ2n) is 32.0. The van der Waals surface area contributed by atoms with E-state index in [-0.39, 0.29) is 36.7 Å². The van der Waals surface area contributed by atoms with Gasteiger partial charge >= 0.3 is 11.9 Å². The number of unbranched alkanes of at least 4 members (excludes halogenated alkanes) is 22. The van der Waals surface area contributed by atoms with E-state index in [9.17, 15) is 14.4 Å². The fourth-order valence-corrected chi connectivity index (χ4v) is 14.2. The van der Waals surface area contributed by atoms with Crippen molar-refractivity contribution in [3.8, 4) is 85.5 Å². The molecule has 0 fully saturated rings. The Kier molecular flexibility index (Phi) is 48.2. The Labute approximate surface area is 722 Å². The molecule has 0 spiro atoms. The van der Waals surface area contributed by atoms with Crippen LogP contribution in [0, 0.1) is 17.8 Å². The number of aryl methyl sites for hydroxylation is 1. The number of hydrogen-bond acceptors (Lipinski definition) is 11. The average Bonchev–Trinajstić information content (AvgIpc) is 0.855. The van der Waals surface area contributed by atoms with Crippen molar-refractivity contribution in [2.24, 2.45) is 5.92 Å². The van der Waals surface area contributed by atoms with Crippen LogP contribution in [0.15, 0.2) is 218 Å². The molecule has 0 bridgehead atoms. The summed E-state index contributed by atoms with van der Waals surface area (Å²) in [4.78, 5) is 37.6. The normalized spacial score (nSPS) is 11.3. The van der Waals surface area contributed by atoms with Crippen molar-refractivity contribution in [1.82, 2.24) is 0 Å². The predicted octanol–water partition coefficient (Wildman–Crippen LogP) is 30.4. The summed E-state index contributed by atoms with van der Waals surface area (Å²) < 4.78 is 46.4. The average molecular weight is 1630 g/mol. The Morgan fingerprint density at radius 1 is 0.308 bits per heavy atom. The van der Waals surface area contributed by atoms with E-state index >= 15 is 0 Å². The summed E-state index contributed by atoms with van der Waals surface area (Å²) in [6.07, 6.45) is 41.5. The molecule has 0 aliphatic carbocycles. The lowest BCUT2D eigenvalue weighted by atomic mass is 9.94. The van der Waals surface area contributed by atoms with Gasteiger partial charge in [-0.25, -0.2) is 9.59 Å². The third kappa shape index (κ3) is 39.4. The van der Waals surface area contributed by atoms with Crippen molar-refractivity contribution >= 4 is 17.7 Å². The second kappa shape index (κ2) is 59.6. The fourth-order valence-electron chi connectivity index (χ4n) is 14.2. The number of ketones is 1. The van der Waals surface area contributed by atoms with Gasteiger partial charge in [-0.1, -0.05) is 319 Å². The molecule has 9 aromatic carbocycles. The van der Waals surface area contributed by atoms with Crippen molar-refractivity contribution in [3.63, 3.8) is 0 Å². The van der Waals surface area contributed by atoms with Crippen LogP contribution in [0.5, 0.6) is 40.2 Å². The molecule has 2 atom stereocenters. The summed E-state index contributed by atoms with van der Waals surface area (Å²) in [5.74, 6) is 10.2. The van der Waals surface area contributed by atoms with Crippen LogP contribution in [-0.4, -0.2) is 49.9 Å². The van der Waals surface area contributed by atoms with Crippen LogP contribution in [-0.2, 0) is 22.6 Å². The van der Waals surface area contributed by atoms with E-state index in [4.69, 9.17) is 37.9 Å². The van der Waals surface area contributed by atoms with Crippen LogP contribution in [0.2, 0.25) is 0 Å². The lowest BCUT2D eigenvalue weighted by Crippen LogP contribution is -2.18. The maximum atomic E-state index is 12.7. The molecule has 0 N–H and O–H groups in total. The number of ether oxygens (including phenoxy) is 8. The Morgan fingerprint density at radius 2 is 0.658 bits per heavy atom. The summed E-state index contributed by atoms with van der Waals surface area (Å²) in [7, 11) is 0. The fraction of sp³-hybridized carbons (Fsp3) is 0.459. The first-order chi connectivity index (χ1) is 58.8. The summed E-state index contributed by atoms with van der Waals surface area (Å²) in [5, 5.41) is 0. The SMILES string of the molecule is CCCCCCCCCOc1ccc(C#CC(=O)Oc2ccc(-c3ccc(C(=O)OC(CCC)CCC)cc3)cc2)cc1.CCCCCCCCOc1ccc(-c2ccc(COc3ccc(C(=O)C(C)CCCCCC)cc3)cc2)cc1.CCCCCCCCc1ccc(-c2ccc(OCOc3ccc(OC(C)CCCCCC)cc3)cc2)cc1. The van der Waals surface area contributed by atoms with Gasteiger partial charge in [0.05, 0.1) is 24.9 Å². The number of carbonyl (C=O) groups is 3. The van der Waals surface area contributed by atoms with E-state index in [1.807, 2.05) is 116 Å².